The predicted molar refractivity (Wildman–Crippen MR) is 119 cm³/mol. The first kappa shape index (κ1) is 22.5. The van der Waals surface area contributed by atoms with Crippen molar-refractivity contribution in [2.75, 3.05) is 23.4 Å². The number of esters is 1. The number of anilines is 2. The van der Waals surface area contributed by atoms with E-state index in [0.717, 1.165) is 12.8 Å². The highest BCUT2D eigenvalue weighted by Crippen LogP contribution is 2.33. The van der Waals surface area contributed by atoms with Crippen molar-refractivity contribution in [3.05, 3.63) is 53.6 Å². The van der Waals surface area contributed by atoms with E-state index in [1.54, 1.807) is 50.2 Å². The molecule has 1 amide bonds. The SMILES string of the molecule is CCCCN1C(C)=NS(=O)(=O)c2cc(C(=O)Nc3ccc(C(=O)OCC)cc3)ccc21. The second-order valence-electron chi connectivity index (χ2n) is 7.05. The second-order valence-corrected chi connectivity index (χ2v) is 8.63. The number of ether oxygens (including phenoxy) is 1. The monoisotopic (exact) mass is 443 g/mol. The van der Waals surface area contributed by atoms with Crippen molar-refractivity contribution >= 4 is 39.1 Å². The van der Waals surface area contributed by atoms with Crippen LogP contribution < -0.4 is 10.2 Å². The Balaban J connectivity index is 1.83. The summed E-state index contributed by atoms with van der Waals surface area (Å²) in [6.45, 7) is 6.36. The van der Waals surface area contributed by atoms with Crippen LogP contribution in [-0.4, -0.2) is 39.3 Å². The summed E-state index contributed by atoms with van der Waals surface area (Å²) in [5, 5.41) is 2.71. The van der Waals surface area contributed by atoms with Crippen molar-refractivity contribution in [1.29, 1.82) is 0 Å². The lowest BCUT2D eigenvalue weighted by molar-refractivity contribution is 0.0526. The highest BCUT2D eigenvalue weighted by atomic mass is 32.2. The van der Waals surface area contributed by atoms with Gasteiger partial charge in [0.2, 0.25) is 0 Å². The second kappa shape index (κ2) is 9.30. The zero-order chi connectivity index (χ0) is 22.6. The fourth-order valence-electron chi connectivity index (χ4n) is 3.24. The number of rotatable bonds is 7. The molecule has 0 aliphatic carbocycles. The van der Waals surface area contributed by atoms with E-state index in [1.165, 1.54) is 6.07 Å². The van der Waals surface area contributed by atoms with Gasteiger partial charge in [0, 0.05) is 17.8 Å². The zero-order valence-corrected chi connectivity index (χ0v) is 18.5. The van der Waals surface area contributed by atoms with Gasteiger partial charge in [0.25, 0.3) is 15.9 Å². The van der Waals surface area contributed by atoms with Gasteiger partial charge in [-0.1, -0.05) is 13.3 Å². The Kier molecular flexibility index (Phi) is 6.74. The molecule has 1 aliphatic heterocycles. The van der Waals surface area contributed by atoms with Crippen LogP contribution in [0.25, 0.3) is 0 Å². The van der Waals surface area contributed by atoms with E-state index in [9.17, 15) is 18.0 Å². The Labute approximate surface area is 182 Å². The molecule has 2 aromatic rings. The average Bonchev–Trinajstić information content (AvgIpc) is 2.73. The minimum Gasteiger partial charge on any atom is -0.462 e. The number of nitrogens with zero attached hydrogens (tertiary/aromatic N) is 2. The van der Waals surface area contributed by atoms with E-state index in [4.69, 9.17) is 4.74 Å². The fourth-order valence-corrected chi connectivity index (χ4v) is 4.50. The van der Waals surface area contributed by atoms with Gasteiger partial charge in [-0.2, -0.15) is 8.42 Å². The zero-order valence-electron chi connectivity index (χ0n) is 17.7. The van der Waals surface area contributed by atoms with E-state index in [1.807, 2.05) is 4.90 Å². The van der Waals surface area contributed by atoms with Crippen LogP contribution >= 0.6 is 0 Å². The number of unbranched alkanes of at least 4 members (excludes halogenated alkanes) is 1. The largest absolute Gasteiger partial charge is 0.462 e. The van der Waals surface area contributed by atoms with Gasteiger partial charge in [-0.05, 0) is 62.7 Å². The van der Waals surface area contributed by atoms with Crippen LogP contribution in [0.5, 0.6) is 0 Å². The number of amides is 1. The third-order valence-corrected chi connectivity index (χ3v) is 6.21. The van der Waals surface area contributed by atoms with E-state index in [0.29, 0.717) is 29.3 Å². The van der Waals surface area contributed by atoms with E-state index < -0.39 is 21.9 Å². The van der Waals surface area contributed by atoms with Crippen LogP contribution in [0, 0.1) is 0 Å². The summed E-state index contributed by atoms with van der Waals surface area (Å²) in [6.07, 6.45) is 1.84. The van der Waals surface area contributed by atoms with Crippen molar-refractivity contribution in [2.45, 2.75) is 38.5 Å². The van der Waals surface area contributed by atoms with Crippen LogP contribution in [0.1, 0.15) is 54.3 Å². The summed E-state index contributed by atoms with van der Waals surface area (Å²) in [7, 11) is -3.88. The Bertz CT molecular complexity index is 1120. The molecule has 3 rings (SSSR count). The molecule has 0 aromatic heterocycles. The van der Waals surface area contributed by atoms with Gasteiger partial charge in [-0.15, -0.1) is 4.40 Å². The molecule has 1 aliphatic rings. The van der Waals surface area contributed by atoms with Crippen molar-refractivity contribution in [1.82, 2.24) is 0 Å². The van der Waals surface area contributed by atoms with Gasteiger partial charge >= 0.3 is 5.97 Å². The topological polar surface area (TPSA) is 105 Å². The van der Waals surface area contributed by atoms with Crippen molar-refractivity contribution < 1.29 is 22.7 Å². The van der Waals surface area contributed by atoms with Crippen LogP contribution in [0.2, 0.25) is 0 Å². The van der Waals surface area contributed by atoms with Crippen LogP contribution in [-0.2, 0) is 14.8 Å². The molecular weight excluding hydrogens is 418 g/mol. The van der Waals surface area contributed by atoms with Crippen molar-refractivity contribution in [3.8, 4) is 0 Å². The highest BCUT2D eigenvalue weighted by Gasteiger charge is 2.29. The maximum atomic E-state index is 12.7. The highest BCUT2D eigenvalue weighted by molar-refractivity contribution is 7.90. The number of hydrogen-bond donors (Lipinski definition) is 1. The first-order chi connectivity index (χ1) is 14.8. The summed E-state index contributed by atoms with van der Waals surface area (Å²) < 4.78 is 34.0. The number of benzene rings is 2. The summed E-state index contributed by atoms with van der Waals surface area (Å²) in [4.78, 5) is 26.3. The molecule has 0 saturated carbocycles. The molecule has 8 nitrogen and oxygen atoms in total. The van der Waals surface area contributed by atoms with Crippen LogP contribution in [0.15, 0.2) is 51.8 Å². The Morgan fingerprint density at radius 3 is 2.39 bits per heavy atom. The summed E-state index contributed by atoms with van der Waals surface area (Å²) in [6, 6.07) is 10.8. The summed E-state index contributed by atoms with van der Waals surface area (Å²) in [5.74, 6) is -0.489. The van der Waals surface area contributed by atoms with Crippen LogP contribution in [0.3, 0.4) is 0 Å². The number of hydrogen-bond acceptors (Lipinski definition) is 6. The van der Waals surface area contributed by atoms with Gasteiger partial charge in [-0.3, -0.25) is 4.79 Å². The maximum Gasteiger partial charge on any atom is 0.338 e. The normalized spacial score (nSPS) is 14.4. The minimum absolute atomic E-state index is 0.0134. The first-order valence-electron chi connectivity index (χ1n) is 10.1. The Morgan fingerprint density at radius 1 is 1.06 bits per heavy atom. The number of fused-ring (bicyclic) bond motifs is 1. The lowest BCUT2D eigenvalue weighted by atomic mass is 10.1. The van der Waals surface area contributed by atoms with E-state index in [2.05, 4.69) is 16.6 Å². The van der Waals surface area contributed by atoms with Gasteiger partial charge in [0.1, 0.15) is 10.7 Å². The maximum absolute atomic E-state index is 12.7. The molecule has 0 saturated heterocycles. The molecule has 0 radical (unpaired) electrons. The van der Waals surface area contributed by atoms with Gasteiger partial charge in [-0.25, -0.2) is 4.79 Å². The molecule has 1 N–H and O–H groups in total. The molecule has 0 fully saturated rings. The molecule has 31 heavy (non-hydrogen) atoms. The smallest absolute Gasteiger partial charge is 0.338 e. The van der Waals surface area contributed by atoms with Gasteiger partial charge in [0.15, 0.2) is 0 Å². The number of carbonyl (C=O) groups is 2. The van der Waals surface area contributed by atoms with Gasteiger partial charge in [0.05, 0.1) is 17.9 Å². The summed E-state index contributed by atoms with van der Waals surface area (Å²) >= 11 is 0. The number of nitrogens with one attached hydrogen (secondary N) is 1. The Hall–Kier alpha value is -3.20. The van der Waals surface area contributed by atoms with E-state index >= 15 is 0 Å². The Morgan fingerprint density at radius 2 is 1.74 bits per heavy atom. The quantitative estimate of drug-likeness (QED) is 0.652. The molecule has 164 valence electrons. The molecule has 9 heteroatoms. The van der Waals surface area contributed by atoms with E-state index in [-0.39, 0.29) is 17.1 Å². The number of carbonyl (C=O) groups excluding carboxylic acids is 2. The lowest BCUT2D eigenvalue weighted by Gasteiger charge is -2.29. The van der Waals surface area contributed by atoms with Crippen molar-refractivity contribution in [2.24, 2.45) is 4.40 Å². The third-order valence-electron chi connectivity index (χ3n) is 4.82. The van der Waals surface area contributed by atoms with Crippen LogP contribution in [0.4, 0.5) is 11.4 Å². The third kappa shape index (κ3) is 4.93. The molecule has 0 unspecified atom stereocenters. The number of amidine groups is 1. The fraction of sp³-hybridized carbons (Fsp3) is 0.318. The standard InChI is InChI=1S/C22H25N3O5S/c1-4-6-13-25-15(3)24-31(28,29)20-14-17(9-12-19(20)25)21(26)23-18-10-7-16(8-11-18)22(27)30-5-2/h7-12,14H,4-6,13H2,1-3H3,(H,23,26). The molecule has 1 heterocycles. The lowest BCUT2D eigenvalue weighted by Crippen LogP contribution is -2.34. The summed E-state index contributed by atoms with van der Waals surface area (Å²) in [5.41, 5.74) is 1.57. The molecule has 0 atom stereocenters. The molecule has 0 spiro atoms. The molecular formula is C22H25N3O5S. The molecule has 2 aromatic carbocycles. The number of sulfonamides is 1. The van der Waals surface area contributed by atoms with Crippen molar-refractivity contribution in [3.63, 3.8) is 0 Å². The molecule has 0 bridgehead atoms. The van der Waals surface area contributed by atoms with Gasteiger partial charge < -0.3 is 15.0 Å². The predicted octanol–water partition coefficient (Wildman–Crippen LogP) is 3.84. The average molecular weight is 444 g/mol. The first-order valence-corrected chi connectivity index (χ1v) is 11.5. The minimum atomic E-state index is -3.88.